The Labute approximate surface area is 67.3 Å². The third kappa shape index (κ3) is 9.80. The average molecular weight is 177 g/mol. The molecule has 0 spiro atoms. The summed E-state index contributed by atoms with van der Waals surface area (Å²) in [6.45, 7) is 0.594. The molecular formula is C6H15NO3Si. The van der Waals surface area contributed by atoms with Crippen molar-refractivity contribution in [2.45, 2.75) is 18.9 Å². The van der Waals surface area contributed by atoms with Crippen molar-refractivity contribution in [3.8, 4) is 0 Å². The van der Waals surface area contributed by atoms with E-state index >= 15 is 0 Å². The summed E-state index contributed by atoms with van der Waals surface area (Å²) in [6.07, 6.45) is 4.93. The second-order valence-corrected chi connectivity index (χ2v) is 4.41. The highest BCUT2D eigenvalue weighted by Crippen LogP contribution is 2.01. The van der Waals surface area contributed by atoms with Crippen molar-refractivity contribution >= 4 is 8.80 Å². The van der Waals surface area contributed by atoms with Gasteiger partial charge in [0, 0.05) is 6.04 Å². The summed E-state index contributed by atoms with van der Waals surface area (Å²) in [7, 11) is -3.80. The number of hydrogen-bond acceptors (Lipinski definition) is 4. The van der Waals surface area contributed by atoms with E-state index in [-0.39, 0.29) is 6.04 Å². The molecule has 5 N–H and O–H groups in total. The van der Waals surface area contributed by atoms with E-state index < -0.39 is 8.80 Å². The molecule has 0 heterocycles. The monoisotopic (exact) mass is 177 g/mol. The van der Waals surface area contributed by atoms with Crippen LogP contribution in [0.1, 0.15) is 12.8 Å². The zero-order valence-corrected chi connectivity index (χ0v) is 7.40. The van der Waals surface area contributed by atoms with E-state index in [1.165, 1.54) is 0 Å². The SMILES string of the molecule is NCCC=CCC[Si](O)(O)O. The number of hydrogen-bond donors (Lipinski definition) is 4. The number of allylic oxidation sites excluding steroid dienone is 1. The summed E-state index contributed by atoms with van der Waals surface area (Å²) in [5, 5.41) is 0. The van der Waals surface area contributed by atoms with E-state index in [1.54, 1.807) is 6.08 Å². The van der Waals surface area contributed by atoms with Crippen LogP contribution in [0.15, 0.2) is 12.2 Å². The van der Waals surface area contributed by atoms with Crippen LogP contribution >= 0.6 is 0 Å². The van der Waals surface area contributed by atoms with Gasteiger partial charge in [0.25, 0.3) is 0 Å². The molecule has 0 saturated heterocycles. The lowest BCUT2D eigenvalue weighted by atomic mass is 10.3. The third-order valence-electron chi connectivity index (χ3n) is 1.15. The van der Waals surface area contributed by atoms with Crippen LogP contribution in [0.4, 0.5) is 0 Å². The van der Waals surface area contributed by atoms with Crippen LogP contribution in [0.2, 0.25) is 6.04 Å². The molecule has 0 amide bonds. The van der Waals surface area contributed by atoms with Gasteiger partial charge in [0.1, 0.15) is 0 Å². The summed E-state index contributed by atoms with van der Waals surface area (Å²) in [4.78, 5) is 25.7. The molecule has 0 aliphatic rings. The van der Waals surface area contributed by atoms with Crippen LogP contribution in [0.25, 0.3) is 0 Å². The zero-order valence-electron chi connectivity index (χ0n) is 6.40. The Bertz CT molecular complexity index is 121. The van der Waals surface area contributed by atoms with Gasteiger partial charge >= 0.3 is 8.80 Å². The number of nitrogens with two attached hydrogens (primary N) is 1. The highest BCUT2D eigenvalue weighted by Gasteiger charge is 2.24. The summed E-state index contributed by atoms with van der Waals surface area (Å²) in [5.41, 5.74) is 5.21. The minimum atomic E-state index is -3.80. The van der Waals surface area contributed by atoms with Crippen molar-refractivity contribution in [1.29, 1.82) is 0 Å². The molecule has 0 atom stereocenters. The van der Waals surface area contributed by atoms with Gasteiger partial charge in [-0.2, -0.15) is 0 Å². The maximum Gasteiger partial charge on any atom is 0.493 e. The fourth-order valence-corrected chi connectivity index (χ4v) is 1.16. The van der Waals surface area contributed by atoms with Crippen LogP contribution in [0.5, 0.6) is 0 Å². The Kier molecular flexibility index (Phi) is 5.35. The maximum absolute atomic E-state index is 8.57. The van der Waals surface area contributed by atoms with E-state index in [2.05, 4.69) is 0 Å². The smallest absolute Gasteiger partial charge is 0.390 e. The van der Waals surface area contributed by atoms with Crippen LogP contribution in [0.3, 0.4) is 0 Å². The average Bonchev–Trinajstić information content (AvgIpc) is 1.85. The minimum Gasteiger partial charge on any atom is -0.390 e. The fraction of sp³-hybridized carbons (Fsp3) is 0.667. The second-order valence-electron chi connectivity index (χ2n) is 2.36. The van der Waals surface area contributed by atoms with E-state index in [4.69, 9.17) is 20.1 Å². The Morgan fingerprint density at radius 1 is 1.09 bits per heavy atom. The molecule has 0 aromatic heterocycles. The van der Waals surface area contributed by atoms with E-state index in [0.717, 1.165) is 6.42 Å². The number of rotatable bonds is 5. The Hall–Kier alpha value is -0.203. The predicted octanol–water partition coefficient (Wildman–Crippen LogP) is -0.803. The Morgan fingerprint density at radius 2 is 1.64 bits per heavy atom. The van der Waals surface area contributed by atoms with Gasteiger partial charge in [-0.05, 0) is 19.4 Å². The fourth-order valence-electron chi connectivity index (χ4n) is 0.609. The molecule has 66 valence electrons. The maximum atomic E-state index is 8.57. The first-order valence-corrected chi connectivity index (χ1v) is 5.63. The highest BCUT2D eigenvalue weighted by atomic mass is 28.4. The van der Waals surface area contributed by atoms with Crippen LogP contribution in [-0.2, 0) is 0 Å². The normalized spacial score (nSPS) is 12.7. The largest absolute Gasteiger partial charge is 0.493 e. The molecule has 0 aromatic rings. The minimum absolute atomic E-state index is 0.0636. The van der Waals surface area contributed by atoms with Crippen molar-refractivity contribution in [3.63, 3.8) is 0 Å². The molecule has 4 nitrogen and oxygen atoms in total. The molecule has 5 heteroatoms. The van der Waals surface area contributed by atoms with E-state index in [1.807, 2.05) is 6.08 Å². The van der Waals surface area contributed by atoms with Gasteiger partial charge in [-0.3, -0.25) is 0 Å². The van der Waals surface area contributed by atoms with Crippen molar-refractivity contribution in [2.24, 2.45) is 5.73 Å². The first kappa shape index (κ1) is 10.8. The molecular weight excluding hydrogens is 162 g/mol. The van der Waals surface area contributed by atoms with Gasteiger partial charge in [0.15, 0.2) is 0 Å². The van der Waals surface area contributed by atoms with Gasteiger partial charge in [-0.15, -0.1) is 0 Å². The van der Waals surface area contributed by atoms with Crippen LogP contribution in [-0.4, -0.2) is 29.7 Å². The molecule has 0 saturated carbocycles. The first-order valence-electron chi connectivity index (χ1n) is 3.58. The summed E-state index contributed by atoms with van der Waals surface area (Å²) < 4.78 is 0. The van der Waals surface area contributed by atoms with Crippen molar-refractivity contribution in [2.75, 3.05) is 6.54 Å². The lowest BCUT2D eigenvalue weighted by Gasteiger charge is -2.05. The molecule has 0 bridgehead atoms. The first-order chi connectivity index (χ1) is 5.06. The van der Waals surface area contributed by atoms with E-state index in [0.29, 0.717) is 13.0 Å². The summed E-state index contributed by atoms with van der Waals surface area (Å²) in [6, 6.07) is 0.0636. The van der Waals surface area contributed by atoms with Gasteiger partial charge < -0.3 is 20.1 Å². The molecule has 0 radical (unpaired) electrons. The second kappa shape index (κ2) is 5.45. The highest BCUT2D eigenvalue weighted by molar-refractivity contribution is 6.56. The van der Waals surface area contributed by atoms with Crippen LogP contribution in [0, 0.1) is 0 Å². The lowest BCUT2D eigenvalue weighted by molar-refractivity contribution is 0.228. The quantitative estimate of drug-likeness (QED) is 0.327. The van der Waals surface area contributed by atoms with Gasteiger partial charge in [-0.1, -0.05) is 12.2 Å². The van der Waals surface area contributed by atoms with Crippen molar-refractivity contribution in [1.82, 2.24) is 0 Å². The zero-order chi connectivity index (χ0) is 8.74. The Morgan fingerprint density at radius 3 is 2.09 bits per heavy atom. The van der Waals surface area contributed by atoms with Gasteiger partial charge in [0.2, 0.25) is 0 Å². The summed E-state index contributed by atoms with van der Waals surface area (Å²) in [5.74, 6) is 0. The van der Waals surface area contributed by atoms with Crippen LogP contribution < -0.4 is 5.73 Å². The van der Waals surface area contributed by atoms with Crippen molar-refractivity contribution in [3.05, 3.63) is 12.2 Å². The van der Waals surface area contributed by atoms with Gasteiger partial charge in [-0.25, -0.2) is 0 Å². The topological polar surface area (TPSA) is 86.7 Å². The molecule has 0 aromatic carbocycles. The molecule has 0 rings (SSSR count). The van der Waals surface area contributed by atoms with Gasteiger partial charge in [0.05, 0.1) is 0 Å². The standard InChI is InChI=1S/C6H15NO3Si/c7-5-3-1-2-4-6-11(8,9)10/h1-2,8-10H,3-7H2. The third-order valence-corrected chi connectivity index (χ3v) is 2.11. The molecule has 0 fully saturated rings. The molecule has 0 aliphatic heterocycles. The predicted molar refractivity (Wildman–Crippen MR) is 44.6 cm³/mol. The molecule has 11 heavy (non-hydrogen) atoms. The lowest BCUT2D eigenvalue weighted by Crippen LogP contribution is -2.33. The van der Waals surface area contributed by atoms with Crippen molar-refractivity contribution < 1.29 is 14.4 Å². The summed E-state index contributed by atoms with van der Waals surface area (Å²) >= 11 is 0. The van der Waals surface area contributed by atoms with E-state index in [9.17, 15) is 0 Å². The molecule has 0 unspecified atom stereocenters. The Balaban J connectivity index is 3.27. The molecule has 0 aliphatic carbocycles.